The highest BCUT2D eigenvalue weighted by atomic mass is 16.5. The van der Waals surface area contributed by atoms with Crippen molar-refractivity contribution in [1.82, 2.24) is 0 Å². The quantitative estimate of drug-likeness (QED) is 0.754. The molecule has 1 saturated heterocycles. The van der Waals surface area contributed by atoms with Gasteiger partial charge >= 0.3 is 0 Å². The highest BCUT2D eigenvalue weighted by Gasteiger charge is 2.21. The Bertz CT molecular complexity index is 425. The fourth-order valence-corrected chi connectivity index (χ4v) is 2.48. The predicted molar refractivity (Wildman–Crippen MR) is 86.6 cm³/mol. The van der Waals surface area contributed by atoms with E-state index in [9.17, 15) is 4.79 Å². The molecular formula is C17H26N2O2. The van der Waals surface area contributed by atoms with Crippen LogP contribution in [0.15, 0.2) is 24.3 Å². The summed E-state index contributed by atoms with van der Waals surface area (Å²) >= 11 is 0. The number of nitrogens with one attached hydrogen (secondary N) is 2. The van der Waals surface area contributed by atoms with Crippen LogP contribution in [0.5, 0.6) is 0 Å². The Morgan fingerprint density at radius 2 is 1.81 bits per heavy atom. The number of rotatable bonds is 7. The number of amides is 1. The van der Waals surface area contributed by atoms with Gasteiger partial charge in [-0.3, -0.25) is 4.79 Å². The van der Waals surface area contributed by atoms with Crippen molar-refractivity contribution in [2.75, 3.05) is 30.4 Å². The van der Waals surface area contributed by atoms with Gasteiger partial charge in [0.2, 0.25) is 5.91 Å². The fourth-order valence-electron chi connectivity index (χ4n) is 2.48. The van der Waals surface area contributed by atoms with E-state index in [0.717, 1.165) is 30.8 Å². The van der Waals surface area contributed by atoms with Gasteiger partial charge in [0.05, 0.1) is 0 Å². The van der Waals surface area contributed by atoms with Gasteiger partial charge in [0, 0.05) is 37.1 Å². The predicted octanol–water partition coefficient (Wildman–Crippen LogP) is 3.65. The van der Waals surface area contributed by atoms with E-state index in [2.05, 4.69) is 17.6 Å². The van der Waals surface area contributed by atoms with E-state index in [1.807, 2.05) is 24.3 Å². The lowest BCUT2D eigenvalue weighted by Crippen LogP contribution is -2.28. The second-order valence-electron chi connectivity index (χ2n) is 5.59. The molecule has 0 saturated carbocycles. The molecule has 0 atom stereocenters. The number of unbranched alkanes of at least 4 members (excludes halogenated alkanes) is 2. The lowest BCUT2D eigenvalue weighted by atomic mass is 9.99. The summed E-state index contributed by atoms with van der Waals surface area (Å²) in [6.07, 6.45) is 5.33. The van der Waals surface area contributed by atoms with Gasteiger partial charge in [0.15, 0.2) is 0 Å². The maximum absolute atomic E-state index is 12.1. The molecule has 0 aliphatic carbocycles. The molecule has 0 aromatic heterocycles. The Hall–Kier alpha value is -1.55. The van der Waals surface area contributed by atoms with E-state index < -0.39 is 0 Å². The number of hydrogen-bond acceptors (Lipinski definition) is 3. The van der Waals surface area contributed by atoms with Crippen molar-refractivity contribution in [3.8, 4) is 0 Å². The van der Waals surface area contributed by atoms with E-state index in [1.54, 1.807) is 0 Å². The SMILES string of the molecule is CCCCCNc1ccc(NC(=O)C2CCOCC2)cc1. The van der Waals surface area contributed by atoms with Gasteiger partial charge in [0.1, 0.15) is 0 Å². The standard InChI is InChI=1S/C17H26N2O2/c1-2-3-4-11-18-15-5-7-16(8-6-15)19-17(20)14-9-12-21-13-10-14/h5-8,14,18H,2-4,9-13H2,1H3,(H,19,20). The molecule has 2 rings (SSSR count). The van der Waals surface area contributed by atoms with Crippen LogP contribution in [0, 0.1) is 5.92 Å². The van der Waals surface area contributed by atoms with E-state index in [-0.39, 0.29) is 11.8 Å². The van der Waals surface area contributed by atoms with Gasteiger partial charge in [-0.1, -0.05) is 19.8 Å². The highest BCUT2D eigenvalue weighted by Crippen LogP contribution is 2.19. The molecule has 2 N–H and O–H groups in total. The molecule has 1 fully saturated rings. The molecule has 4 nitrogen and oxygen atoms in total. The molecule has 1 amide bonds. The van der Waals surface area contributed by atoms with Crippen LogP contribution in [0.4, 0.5) is 11.4 Å². The second kappa shape index (κ2) is 8.67. The molecule has 4 heteroatoms. The zero-order chi connectivity index (χ0) is 14.9. The molecule has 0 spiro atoms. The Morgan fingerprint density at radius 3 is 2.48 bits per heavy atom. The van der Waals surface area contributed by atoms with Crippen molar-refractivity contribution in [3.05, 3.63) is 24.3 Å². The summed E-state index contributed by atoms with van der Waals surface area (Å²) in [6.45, 7) is 4.59. The number of ether oxygens (including phenoxy) is 1. The first-order valence-electron chi connectivity index (χ1n) is 8.02. The average Bonchev–Trinajstić information content (AvgIpc) is 2.54. The minimum absolute atomic E-state index is 0.0885. The van der Waals surface area contributed by atoms with Crippen molar-refractivity contribution in [1.29, 1.82) is 0 Å². The Balaban J connectivity index is 1.77. The molecule has 1 heterocycles. The summed E-state index contributed by atoms with van der Waals surface area (Å²) in [6, 6.07) is 7.95. The maximum Gasteiger partial charge on any atom is 0.227 e. The normalized spacial score (nSPS) is 15.7. The molecule has 1 aliphatic rings. The number of anilines is 2. The first kappa shape index (κ1) is 15.8. The molecule has 0 unspecified atom stereocenters. The van der Waals surface area contributed by atoms with Crippen molar-refractivity contribution in [2.24, 2.45) is 5.92 Å². The van der Waals surface area contributed by atoms with Crippen molar-refractivity contribution in [3.63, 3.8) is 0 Å². The molecule has 1 aromatic carbocycles. The number of hydrogen-bond donors (Lipinski definition) is 2. The first-order chi connectivity index (χ1) is 10.3. The van der Waals surface area contributed by atoms with Crippen LogP contribution in [-0.4, -0.2) is 25.7 Å². The average molecular weight is 290 g/mol. The number of carbonyl (C=O) groups is 1. The van der Waals surface area contributed by atoms with Crippen molar-refractivity contribution >= 4 is 17.3 Å². The van der Waals surface area contributed by atoms with Crippen LogP contribution in [0.2, 0.25) is 0 Å². The first-order valence-corrected chi connectivity index (χ1v) is 8.02. The third kappa shape index (κ3) is 5.38. The molecule has 21 heavy (non-hydrogen) atoms. The van der Waals surface area contributed by atoms with Crippen LogP contribution in [0.3, 0.4) is 0 Å². The van der Waals surface area contributed by atoms with Crippen LogP contribution in [-0.2, 0) is 9.53 Å². The minimum atomic E-state index is 0.0885. The summed E-state index contributed by atoms with van der Waals surface area (Å²) in [5, 5.41) is 6.39. The lowest BCUT2D eigenvalue weighted by Gasteiger charge is -2.21. The van der Waals surface area contributed by atoms with Gasteiger partial charge in [0.25, 0.3) is 0 Å². The van der Waals surface area contributed by atoms with E-state index >= 15 is 0 Å². The van der Waals surface area contributed by atoms with Crippen LogP contribution < -0.4 is 10.6 Å². The molecule has 116 valence electrons. The molecule has 1 aromatic rings. The summed E-state index contributed by atoms with van der Waals surface area (Å²) in [4.78, 5) is 12.1. The Morgan fingerprint density at radius 1 is 1.14 bits per heavy atom. The third-order valence-electron chi connectivity index (χ3n) is 3.85. The fraction of sp³-hybridized carbons (Fsp3) is 0.588. The van der Waals surface area contributed by atoms with Gasteiger partial charge in [-0.15, -0.1) is 0 Å². The van der Waals surface area contributed by atoms with Crippen LogP contribution >= 0.6 is 0 Å². The molecule has 0 bridgehead atoms. The number of benzene rings is 1. The van der Waals surface area contributed by atoms with Gasteiger partial charge in [-0.05, 0) is 43.5 Å². The highest BCUT2D eigenvalue weighted by molar-refractivity contribution is 5.92. The molecule has 0 radical (unpaired) electrons. The van der Waals surface area contributed by atoms with E-state index in [4.69, 9.17) is 4.74 Å². The van der Waals surface area contributed by atoms with Gasteiger partial charge in [-0.25, -0.2) is 0 Å². The monoisotopic (exact) mass is 290 g/mol. The zero-order valence-corrected chi connectivity index (χ0v) is 12.9. The zero-order valence-electron chi connectivity index (χ0n) is 12.9. The number of carbonyl (C=O) groups excluding carboxylic acids is 1. The minimum Gasteiger partial charge on any atom is -0.385 e. The summed E-state index contributed by atoms with van der Waals surface area (Å²) in [5.74, 6) is 0.201. The Labute approximate surface area is 127 Å². The van der Waals surface area contributed by atoms with Crippen LogP contribution in [0.25, 0.3) is 0 Å². The third-order valence-corrected chi connectivity index (χ3v) is 3.85. The topological polar surface area (TPSA) is 50.4 Å². The molecular weight excluding hydrogens is 264 g/mol. The summed E-state index contributed by atoms with van der Waals surface area (Å²) in [5.41, 5.74) is 1.97. The summed E-state index contributed by atoms with van der Waals surface area (Å²) in [7, 11) is 0. The van der Waals surface area contributed by atoms with E-state index in [0.29, 0.717) is 13.2 Å². The largest absolute Gasteiger partial charge is 0.385 e. The van der Waals surface area contributed by atoms with Crippen molar-refractivity contribution < 1.29 is 9.53 Å². The maximum atomic E-state index is 12.1. The van der Waals surface area contributed by atoms with Gasteiger partial charge < -0.3 is 15.4 Å². The van der Waals surface area contributed by atoms with Gasteiger partial charge in [-0.2, -0.15) is 0 Å². The molecule has 1 aliphatic heterocycles. The van der Waals surface area contributed by atoms with Crippen LogP contribution in [0.1, 0.15) is 39.0 Å². The summed E-state index contributed by atoms with van der Waals surface area (Å²) < 4.78 is 5.28. The second-order valence-corrected chi connectivity index (χ2v) is 5.59. The van der Waals surface area contributed by atoms with E-state index in [1.165, 1.54) is 19.3 Å². The Kier molecular flexibility index (Phi) is 6.54. The van der Waals surface area contributed by atoms with Crippen molar-refractivity contribution in [2.45, 2.75) is 39.0 Å². The smallest absolute Gasteiger partial charge is 0.227 e. The lowest BCUT2D eigenvalue weighted by molar-refractivity contribution is -0.122.